The summed E-state index contributed by atoms with van der Waals surface area (Å²) in [5.41, 5.74) is 0. The maximum atomic E-state index is 9.44. The van der Waals surface area contributed by atoms with Gasteiger partial charge < -0.3 is 5.11 Å². The lowest BCUT2D eigenvalue weighted by atomic mass is 10.0. The first kappa shape index (κ1) is 10.7. The Morgan fingerprint density at radius 2 is 2.00 bits per heavy atom. The van der Waals surface area contributed by atoms with Crippen molar-refractivity contribution in [2.24, 2.45) is 11.8 Å². The zero-order valence-corrected chi connectivity index (χ0v) is 10.2. The Kier molecular flexibility index (Phi) is 3.03. The number of fused-ring (bicyclic) bond motifs is 1. The lowest BCUT2D eigenvalue weighted by molar-refractivity contribution is 0.208. The van der Waals surface area contributed by atoms with Gasteiger partial charge in [-0.05, 0) is 37.5 Å². The van der Waals surface area contributed by atoms with Crippen LogP contribution in [0.25, 0.3) is 0 Å². The summed E-state index contributed by atoms with van der Waals surface area (Å²) in [5, 5.41) is 9.44. The van der Waals surface area contributed by atoms with E-state index in [2.05, 4.69) is 22.5 Å². The van der Waals surface area contributed by atoms with Crippen molar-refractivity contribution in [3.63, 3.8) is 0 Å². The zero-order chi connectivity index (χ0) is 10.2. The molecule has 1 nitrogen and oxygen atoms in total. The van der Waals surface area contributed by atoms with Crippen molar-refractivity contribution in [3.8, 4) is 0 Å². The molecule has 80 valence electrons. The molecule has 0 bridgehead atoms. The number of hydrogen-bond acceptors (Lipinski definition) is 1. The molecule has 0 aromatic carbocycles. The molecule has 14 heavy (non-hydrogen) atoms. The Morgan fingerprint density at radius 1 is 1.43 bits per heavy atom. The third kappa shape index (κ3) is 1.79. The van der Waals surface area contributed by atoms with Crippen LogP contribution in [0.3, 0.4) is 0 Å². The molecule has 2 rings (SSSR count). The van der Waals surface area contributed by atoms with Gasteiger partial charge in [0, 0.05) is 4.32 Å². The monoisotopic (exact) mass is 258 g/mol. The molecule has 0 radical (unpaired) electrons. The molecule has 2 aliphatic rings. The minimum Gasteiger partial charge on any atom is -0.389 e. The molecule has 0 spiro atoms. The molecular weight excluding hydrogens is 240 g/mol. The highest BCUT2D eigenvalue weighted by atomic mass is 79.9. The maximum Gasteiger partial charge on any atom is 0.0718 e. The topological polar surface area (TPSA) is 20.2 Å². The fourth-order valence-corrected chi connectivity index (χ4v) is 4.23. The van der Waals surface area contributed by atoms with Crippen LogP contribution in [0.5, 0.6) is 0 Å². The molecule has 2 aliphatic carbocycles. The van der Waals surface area contributed by atoms with Crippen LogP contribution >= 0.6 is 15.9 Å². The van der Waals surface area contributed by atoms with E-state index in [1.807, 2.05) is 0 Å². The molecule has 2 unspecified atom stereocenters. The van der Waals surface area contributed by atoms with Crippen molar-refractivity contribution >= 4 is 15.9 Å². The summed E-state index contributed by atoms with van der Waals surface area (Å²) in [4.78, 5) is 0. The van der Waals surface area contributed by atoms with Crippen molar-refractivity contribution in [1.82, 2.24) is 0 Å². The van der Waals surface area contributed by atoms with Crippen LogP contribution in [0.1, 0.15) is 38.5 Å². The molecule has 4 atom stereocenters. The summed E-state index contributed by atoms with van der Waals surface area (Å²) in [6, 6.07) is 0. The molecule has 0 amide bonds. The fourth-order valence-electron chi connectivity index (χ4n) is 3.03. The van der Waals surface area contributed by atoms with E-state index in [0.29, 0.717) is 4.32 Å². The Bertz CT molecular complexity index is 214. The van der Waals surface area contributed by atoms with Crippen LogP contribution in [0, 0.1) is 11.8 Å². The molecule has 2 saturated carbocycles. The molecule has 0 aromatic heterocycles. The van der Waals surface area contributed by atoms with E-state index in [1.54, 1.807) is 6.08 Å². The van der Waals surface area contributed by atoms with E-state index < -0.39 is 0 Å². The number of alkyl halides is 1. The summed E-state index contributed by atoms with van der Waals surface area (Å²) < 4.78 is 0.382. The number of aliphatic hydroxyl groups is 1. The first-order chi connectivity index (χ1) is 6.68. The second-order valence-electron chi connectivity index (χ2n) is 4.77. The predicted octanol–water partition coefficient (Wildman–Crippen LogP) is 3.27. The number of hydrogen-bond donors (Lipinski definition) is 1. The summed E-state index contributed by atoms with van der Waals surface area (Å²) in [6.07, 6.45) is 8.88. The summed E-state index contributed by atoms with van der Waals surface area (Å²) in [6.45, 7) is 3.61. The minimum atomic E-state index is -0.313. The largest absolute Gasteiger partial charge is 0.389 e. The molecule has 0 heterocycles. The SMILES string of the molecule is C=CC(O)CCC1(Br)[C@@H]2CCCC[C@@H]21. The van der Waals surface area contributed by atoms with Gasteiger partial charge in [-0.1, -0.05) is 34.8 Å². The molecule has 0 aromatic rings. The van der Waals surface area contributed by atoms with E-state index in [-0.39, 0.29) is 6.10 Å². The number of aliphatic hydroxyl groups excluding tert-OH is 1. The normalized spacial score (nSPS) is 42.7. The molecule has 2 fully saturated rings. The highest BCUT2D eigenvalue weighted by molar-refractivity contribution is 9.10. The van der Waals surface area contributed by atoms with Crippen molar-refractivity contribution in [2.75, 3.05) is 0 Å². The maximum absolute atomic E-state index is 9.44. The Labute approximate surface area is 94.7 Å². The number of halogens is 1. The van der Waals surface area contributed by atoms with Gasteiger partial charge in [0.2, 0.25) is 0 Å². The zero-order valence-electron chi connectivity index (χ0n) is 8.58. The van der Waals surface area contributed by atoms with Crippen molar-refractivity contribution in [1.29, 1.82) is 0 Å². The van der Waals surface area contributed by atoms with Crippen LogP contribution in [0.15, 0.2) is 12.7 Å². The molecule has 0 aliphatic heterocycles. The van der Waals surface area contributed by atoms with E-state index in [9.17, 15) is 5.11 Å². The van der Waals surface area contributed by atoms with Crippen LogP contribution in [-0.2, 0) is 0 Å². The molecule has 1 N–H and O–H groups in total. The van der Waals surface area contributed by atoms with Crippen LogP contribution in [0.4, 0.5) is 0 Å². The second kappa shape index (κ2) is 3.97. The first-order valence-corrected chi connectivity index (χ1v) is 6.47. The smallest absolute Gasteiger partial charge is 0.0718 e. The van der Waals surface area contributed by atoms with Crippen LogP contribution in [-0.4, -0.2) is 15.5 Å². The summed E-state index contributed by atoms with van der Waals surface area (Å²) in [7, 11) is 0. The van der Waals surface area contributed by atoms with Gasteiger partial charge in [-0.3, -0.25) is 0 Å². The molecular formula is C12H19BrO. The van der Waals surface area contributed by atoms with Crippen LogP contribution in [0.2, 0.25) is 0 Å². The fraction of sp³-hybridized carbons (Fsp3) is 0.833. The highest BCUT2D eigenvalue weighted by Crippen LogP contribution is 2.66. The van der Waals surface area contributed by atoms with Gasteiger partial charge in [-0.15, -0.1) is 6.58 Å². The number of rotatable bonds is 4. The van der Waals surface area contributed by atoms with Gasteiger partial charge >= 0.3 is 0 Å². The quantitative estimate of drug-likeness (QED) is 0.607. The van der Waals surface area contributed by atoms with E-state index in [0.717, 1.165) is 24.7 Å². The summed E-state index contributed by atoms with van der Waals surface area (Å²) in [5.74, 6) is 1.79. The van der Waals surface area contributed by atoms with E-state index in [4.69, 9.17) is 0 Å². The average Bonchev–Trinajstić information content (AvgIpc) is 2.83. The predicted molar refractivity (Wildman–Crippen MR) is 62.5 cm³/mol. The molecule has 2 heteroatoms. The molecule has 0 saturated heterocycles. The third-order valence-corrected chi connectivity index (χ3v) is 5.56. The lowest BCUT2D eigenvalue weighted by Crippen LogP contribution is -2.09. The Hall–Kier alpha value is 0.180. The van der Waals surface area contributed by atoms with Gasteiger partial charge in [0.05, 0.1) is 6.10 Å². The summed E-state index contributed by atoms with van der Waals surface area (Å²) >= 11 is 3.90. The van der Waals surface area contributed by atoms with Crippen LogP contribution < -0.4 is 0 Å². The second-order valence-corrected chi connectivity index (χ2v) is 6.24. The average molecular weight is 259 g/mol. The highest BCUT2D eigenvalue weighted by Gasteiger charge is 2.62. The lowest BCUT2D eigenvalue weighted by Gasteiger charge is -2.11. The van der Waals surface area contributed by atoms with Gasteiger partial charge in [0.15, 0.2) is 0 Å². The van der Waals surface area contributed by atoms with Gasteiger partial charge in [-0.25, -0.2) is 0 Å². The standard InChI is InChI=1S/C12H19BrO/c1-2-9(14)7-8-12(13)10-5-3-4-6-11(10)12/h2,9-11,14H,1,3-8H2/t9?,10-,11+,12?. The van der Waals surface area contributed by atoms with Crippen molar-refractivity contribution < 1.29 is 5.11 Å². The third-order valence-electron chi connectivity index (χ3n) is 3.99. The minimum absolute atomic E-state index is 0.313. The van der Waals surface area contributed by atoms with Crippen molar-refractivity contribution in [2.45, 2.75) is 49.0 Å². The van der Waals surface area contributed by atoms with E-state index >= 15 is 0 Å². The van der Waals surface area contributed by atoms with Crippen molar-refractivity contribution in [3.05, 3.63) is 12.7 Å². The van der Waals surface area contributed by atoms with E-state index in [1.165, 1.54) is 25.7 Å². The Balaban J connectivity index is 1.83. The van der Waals surface area contributed by atoms with Gasteiger partial charge in [0.1, 0.15) is 0 Å². The van der Waals surface area contributed by atoms with Gasteiger partial charge in [-0.2, -0.15) is 0 Å². The van der Waals surface area contributed by atoms with Gasteiger partial charge in [0.25, 0.3) is 0 Å². The first-order valence-electron chi connectivity index (χ1n) is 5.68. The Morgan fingerprint density at radius 3 is 2.50 bits per heavy atom.